The van der Waals surface area contributed by atoms with Gasteiger partial charge < -0.3 is 10.4 Å². The number of rotatable bonds is 1. The van der Waals surface area contributed by atoms with Gasteiger partial charge in [0.1, 0.15) is 0 Å². The summed E-state index contributed by atoms with van der Waals surface area (Å²) in [6.45, 7) is 0. The maximum absolute atomic E-state index is 10.8. The Morgan fingerprint density at radius 3 is 2.25 bits per heavy atom. The van der Waals surface area contributed by atoms with Crippen LogP contribution in [0.1, 0.15) is 31.2 Å². The lowest BCUT2D eigenvalue weighted by atomic mass is 9.81. The van der Waals surface area contributed by atoms with E-state index in [2.05, 4.69) is 21.2 Å². The van der Waals surface area contributed by atoms with E-state index in [9.17, 15) is 5.11 Å². The third kappa shape index (κ3) is 1.81. The van der Waals surface area contributed by atoms with Crippen molar-refractivity contribution in [1.29, 1.82) is 0 Å². The summed E-state index contributed by atoms with van der Waals surface area (Å²) in [6, 6.07) is 9.11. The second-order valence-electron chi connectivity index (χ2n) is 5.08. The summed E-state index contributed by atoms with van der Waals surface area (Å²) in [7, 11) is 0. The number of nitrogens with one attached hydrogen (secondary N) is 1. The van der Waals surface area contributed by atoms with Crippen LogP contribution >= 0.6 is 15.9 Å². The number of benzene rings is 1. The molecular weight excluding hydrogens is 266 g/mol. The van der Waals surface area contributed by atoms with E-state index >= 15 is 0 Å². The van der Waals surface area contributed by atoms with Crippen molar-refractivity contribution in [2.45, 2.75) is 43.4 Å². The third-order valence-corrected chi connectivity index (χ3v) is 4.41. The maximum atomic E-state index is 10.8. The third-order valence-electron chi connectivity index (χ3n) is 3.88. The summed E-state index contributed by atoms with van der Waals surface area (Å²) >= 11 is 3.43. The van der Waals surface area contributed by atoms with Gasteiger partial charge >= 0.3 is 0 Å². The molecule has 16 heavy (non-hydrogen) atoms. The first-order valence-corrected chi connectivity index (χ1v) is 6.69. The van der Waals surface area contributed by atoms with Gasteiger partial charge in [0.05, 0.1) is 5.60 Å². The van der Waals surface area contributed by atoms with Crippen LogP contribution in [0.3, 0.4) is 0 Å². The number of hydrogen-bond donors (Lipinski definition) is 2. The van der Waals surface area contributed by atoms with E-state index in [0.717, 1.165) is 22.9 Å². The first-order chi connectivity index (χ1) is 7.66. The quantitative estimate of drug-likeness (QED) is 0.829. The molecule has 2 saturated heterocycles. The van der Waals surface area contributed by atoms with Crippen LogP contribution in [0.15, 0.2) is 28.7 Å². The molecule has 2 atom stereocenters. The molecule has 86 valence electrons. The zero-order valence-electron chi connectivity index (χ0n) is 9.12. The van der Waals surface area contributed by atoms with E-state index in [1.165, 1.54) is 12.8 Å². The molecule has 3 rings (SSSR count). The fraction of sp³-hybridized carbons (Fsp3) is 0.538. The van der Waals surface area contributed by atoms with Gasteiger partial charge in [-0.05, 0) is 43.4 Å². The van der Waals surface area contributed by atoms with Gasteiger partial charge in [-0.25, -0.2) is 0 Å². The zero-order valence-corrected chi connectivity index (χ0v) is 10.7. The Balaban J connectivity index is 1.90. The van der Waals surface area contributed by atoms with Crippen molar-refractivity contribution in [3.8, 4) is 0 Å². The highest BCUT2D eigenvalue weighted by Gasteiger charge is 2.43. The van der Waals surface area contributed by atoms with Crippen molar-refractivity contribution in [2.24, 2.45) is 0 Å². The fourth-order valence-electron chi connectivity index (χ4n) is 3.12. The summed E-state index contributed by atoms with van der Waals surface area (Å²) in [4.78, 5) is 0. The minimum atomic E-state index is -0.613. The highest BCUT2D eigenvalue weighted by Crippen LogP contribution is 2.40. The van der Waals surface area contributed by atoms with Gasteiger partial charge in [0.2, 0.25) is 0 Å². The molecule has 2 unspecified atom stereocenters. The van der Waals surface area contributed by atoms with Gasteiger partial charge in [-0.1, -0.05) is 28.1 Å². The summed E-state index contributed by atoms with van der Waals surface area (Å²) in [6.07, 6.45) is 4.13. The number of hydrogen-bond acceptors (Lipinski definition) is 2. The van der Waals surface area contributed by atoms with Crippen LogP contribution in [0.2, 0.25) is 0 Å². The predicted octanol–water partition coefficient (Wildman–Crippen LogP) is 2.55. The second kappa shape index (κ2) is 3.83. The molecule has 2 N–H and O–H groups in total. The van der Waals surface area contributed by atoms with Crippen molar-refractivity contribution < 1.29 is 5.11 Å². The smallest absolute Gasteiger partial charge is 0.0926 e. The molecule has 2 aliphatic rings. The predicted molar refractivity (Wildman–Crippen MR) is 67.2 cm³/mol. The molecular formula is C13H16BrNO. The molecule has 2 bridgehead atoms. The average molecular weight is 282 g/mol. The highest BCUT2D eigenvalue weighted by atomic mass is 79.9. The monoisotopic (exact) mass is 281 g/mol. The van der Waals surface area contributed by atoms with E-state index in [0.29, 0.717) is 12.1 Å². The number of fused-ring (bicyclic) bond motifs is 2. The topological polar surface area (TPSA) is 32.3 Å². The molecule has 0 spiro atoms. The molecule has 2 fully saturated rings. The van der Waals surface area contributed by atoms with E-state index in [1.54, 1.807) is 0 Å². The van der Waals surface area contributed by atoms with Crippen LogP contribution in [0.4, 0.5) is 0 Å². The Labute approximate surface area is 104 Å². The second-order valence-corrected chi connectivity index (χ2v) is 6.00. The summed E-state index contributed by atoms with van der Waals surface area (Å²) in [5.74, 6) is 0. The number of halogens is 1. The first-order valence-electron chi connectivity index (χ1n) is 5.90. The molecule has 2 aliphatic heterocycles. The Morgan fingerprint density at radius 2 is 1.69 bits per heavy atom. The lowest BCUT2D eigenvalue weighted by Crippen LogP contribution is -2.46. The normalized spacial score (nSPS) is 37.6. The van der Waals surface area contributed by atoms with Crippen LogP contribution in [0.5, 0.6) is 0 Å². The Bertz CT molecular complexity index is 377. The van der Waals surface area contributed by atoms with Crippen molar-refractivity contribution in [3.05, 3.63) is 34.3 Å². The lowest BCUT2D eigenvalue weighted by Gasteiger charge is -2.37. The van der Waals surface area contributed by atoms with Crippen LogP contribution in [0, 0.1) is 0 Å². The zero-order chi connectivity index (χ0) is 11.2. The van der Waals surface area contributed by atoms with Crippen LogP contribution in [-0.4, -0.2) is 17.2 Å². The van der Waals surface area contributed by atoms with Crippen molar-refractivity contribution in [2.75, 3.05) is 0 Å². The molecule has 1 aromatic rings. The molecule has 3 heteroatoms. The van der Waals surface area contributed by atoms with Crippen molar-refractivity contribution in [1.82, 2.24) is 5.32 Å². The summed E-state index contributed by atoms with van der Waals surface area (Å²) in [5, 5.41) is 14.3. The molecule has 0 saturated carbocycles. The minimum absolute atomic E-state index is 0.507. The van der Waals surface area contributed by atoms with E-state index in [4.69, 9.17) is 0 Å². The van der Waals surface area contributed by atoms with Gasteiger partial charge in [-0.2, -0.15) is 0 Å². The first kappa shape index (κ1) is 10.8. The molecule has 2 heterocycles. The molecule has 0 aromatic heterocycles. The van der Waals surface area contributed by atoms with Crippen LogP contribution < -0.4 is 5.32 Å². The molecule has 0 radical (unpaired) electrons. The van der Waals surface area contributed by atoms with Gasteiger partial charge in [0, 0.05) is 16.6 Å². The Kier molecular flexibility index (Phi) is 2.57. The standard InChI is InChI=1S/C13H16BrNO/c14-10-3-1-9(2-4-10)13(16)7-11-5-6-12(8-13)15-11/h1-4,11-12,15-16H,5-8H2. The Hall–Kier alpha value is -0.380. The molecule has 0 amide bonds. The van der Waals surface area contributed by atoms with E-state index in [1.807, 2.05) is 24.3 Å². The van der Waals surface area contributed by atoms with Crippen LogP contribution in [-0.2, 0) is 5.60 Å². The largest absolute Gasteiger partial charge is 0.385 e. The van der Waals surface area contributed by atoms with Gasteiger partial charge in [-0.3, -0.25) is 0 Å². The maximum Gasteiger partial charge on any atom is 0.0926 e. The van der Waals surface area contributed by atoms with Gasteiger partial charge in [0.15, 0.2) is 0 Å². The summed E-state index contributed by atoms with van der Waals surface area (Å²) in [5.41, 5.74) is 0.451. The Morgan fingerprint density at radius 1 is 1.12 bits per heavy atom. The highest BCUT2D eigenvalue weighted by molar-refractivity contribution is 9.10. The average Bonchev–Trinajstić information content (AvgIpc) is 2.59. The summed E-state index contributed by atoms with van der Waals surface area (Å²) < 4.78 is 1.07. The lowest BCUT2D eigenvalue weighted by molar-refractivity contribution is -0.0114. The van der Waals surface area contributed by atoms with Gasteiger partial charge in [-0.15, -0.1) is 0 Å². The molecule has 0 aliphatic carbocycles. The number of aliphatic hydroxyl groups is 1. The van der Waals surface area contributed by atoms with E-state index in [-0.39, 0.29) is 0 Å². The fourth-order valence-corrected chi connectivity index (χ4v) is 3.38. The van der Waals surface area contributed by atoms with Crippen LogP contribution in [0.25, 0.3) is 0 Å². The van der Waals surface area contributed by atoms with E-state index < -0.39 is 5.60 Å². The van der Waals surface area contributed by atoms with Crippen molar-refractivity contribution >= 4 is 15.9 Å². The minimum Gasteiger partial charge on any atom is -0.385 e. The number of piperidine rings is 1. The van der Waals surface area contributed by atoms with Crippen molar-refractivity contribution in [3.63, 3.8) is 0 Å². The molecule has 2 nitrogen and oxygen atoms in total. The SMILES string of the molecule is OC1(c2ccc(Br)cc2)CC2CCC(C1)N2. The van der Waals surface area contributed by atoms with Gasteiger partial charge in [0.25, 0.3) is 0 Å². The molecule has 1 aromatic carbocycles.